The average Bonchev–Trinajstić information content (AvgIpc) is 2.34. The standard InChI is InChI=1S/C16H24Br2/c1-3-5-7-9-13-11-14(10-8-6-4-2)16(18)12-15(13)17/h11-12H,3-10H2,1-2H3. The van der Waals surface area contributed by atoms with Gasteiger partial charge in [0.1, 0.15) is 0 Å². The van der Waals surface area contributed by atoms with Gasteiger partial charge in [0.05, 0.1) is 0 Å². The Labute approximate surface area is 129 Å². The molecule has 0 saturated carbocycles. The third kappa shape index (κ3) is 5.44. The van der Waals surface area contributed by atoms with Crippen molar-refractivity contribution in [1.82, 2.24) is 0 Å². The summed E-state index contributed by atoms with van der Waals surface area (Å²) in [5.41, 5.74) is 2.94. The van der Waals surface area contributed by atoms with Crippen LogP contribution in [0.4, 0.5) is 0 Å². The van der Waals surface area contributed by atoms with E-state index in [1.807, 2.05) is 0 Å². The predicted octanol–water partition coefficient (Wildman–Crippen LogP) is 6.68. The fourth-order valence-electron chi connectivity index (χ4n) is 2.16. The van der Waals surface area contributed by atoms with Crippen molar-refractivity contribution in [1.29, 1.82) is 0 Å². The molecule has 1 aromatic carbocycles. The summed E-state index contributed by atoms with van der Waals surface area (Å²) in [5, 5.41) is 0. The second kappa shape index (κ2) is 9.14. The summed E-state index contributed by atoms with van der Waals surface area (Å²) >= 11 is 7.37. The summed E-state index contributed by atoms with van der Waals surface area (Å²) in [5.74, 6) is 0. The van der Waals surface area contributed by atoms with Crippen LogP contribution in [-0.2, 0) is 12.8 Å². The van der Waals surface area contributed by atoms with Gasteiger partial charge in [0.15, 0.2) is 0 Å². The zero-order valence-electron chi connectivity index (χ0n) is 11.6. The fraction of sp³-hybridized carbons (Fsp3) is 0.625. The summed E-state index contributed by atoms with van der Waals surface area (Å²) in [6.45, 7) is 4.51. The number of aryl methyl sites for hydroxylation is 2. The Morgan fingerprint density at radius 1 is 0.722 bits per heavy atom. The molecule has 102 valence electrons. The first-order valence-electron chi connectivity index (χ1n) is 7.15. The fourth-order valence-corrected chi connectivity index (χ4v) is 3.55. The van der Waals surface area contributed by atoms with Crippen molar-refractivity contribution in [2.75, 3.05) is 0 Å². The van der Waals surface area contributed by atoms with E-state index in [-0.39, 0.29) is 0 Å². The second-order valence-corrected chi connectivity index (χ2v) is 6.66. The van der Waals surface area contributed by atoms with Crippen molar-refractivity contribution < 1.29 is 0 Å². The molecule has 1 rings (SSSR count). The average molecular weight is 376 g/mol. The van der Waals surface area contributed by atoms with Gasteiger partial charge in [0.2, 0.25) is 0 Å². The third-order valence-electron chi connectivity index (χ3n) is 3.31. The Morgan fingerprint density at radius 3 is 1.56 bits per heavy atom. The SMILES string of the molecule is CCCCCc1cc(CCCCC)c(Br)cc1Br. The molecule has 0 unspecified atom stereocenters. The number of unbranched alkanes of at least 4 members (excludes halogenated alkanes) is 4. The molecule has 0 N–H and O–H groups in total. The van der Waals surface area contributed by atoms with Crippen molar-refractivity contribution >= 4 is 31.9 Å². The molecule has 18 heavy (non-hydrogen) atoms. The van der Waals surface area contributed by atoms with E-state index in [1.165, 1.54) is 71.4 Å². The first-order valence-corrected chi connectivity index (χ1v) is 8.74. The zero-order valence-corrected chi connectivity index (χ0v) is 14.7. The van der Waals surface area contributed by atoms with Gasteiger partial charge in [0, 0.05) is 8.95 Å². The summed E-state index contributed by atoms with van der Waals surface area (Å²) in [4.78, 5) is 0. The number of rotatable bonds is 8. The minimum atomic E-state index is 1.20. The van der Waals surface area contributed by atoms with Gasteiger partial charge in [0.25, 0.3) is 0 Å². The van der Waals surface area contributed by atoms with Crippen LogP contribution in [0.5, 0.6) is 0 Å². The first-order chi connectivity index (χ1) is 8.69. The molecule has 0 aliphatic carbocycles. The molecule has 2 heteroatoms. The lowest BCUT2D eigenvalue weighted by Gasteiger charge is -2.10. The lowest BCUT2D eigenvalue weighted by atomic mass is 10.0. The highest BCUT2D eigenvalue weighted by Gasteiger charge is 2.06. The summed E-state index contributed by atoms with van der Waals surface area (Å²) < 4.78 is 2.51. The van der Waals surface area contributed by atoms with Crippen LogP contribution in [0.1, 0.15) is 63.5 Å². The molecular weight excluding hydrogens is 352 g/mol. The monoisotopic (exact) mass is 374 g/mol. The Balaban J connectivity index is 2.68. The van der Waals surface area contributed by atoms with E-state index in [1.54, 1.807) is 0 Å². The van der Waals surface area contributed by atoms with Crippen molar-refractivity contribution in [2.24, 2.45) is 0 Å². The summed E-state index contributed by atoms with van der Waals surface area (Å²) in [6, 6.07) is 4.61. The van der Waals surface area contributed by atoms with Gasteiger partial charge >= 0.3 is 0 Å². The van der Waals surface area contributed by atoms with Gasteiger partial charge in [-0.15, -0.1) is 0 Å². The maximum absolute atomic E-state index is 3.69. The third-order valence-corrected chi connectivity index (χ3v) is 4.79. The van der Waals surface area contributed by atoms with Crippen LogP contribution in [0, 0.1) is 0 Å². The second-order valence-electron chi connectivity index (χ2n) is 4.95. The molecule has 0 aliphatic rings. The Hall–Kier alpha value is 0.180. The first kappa shape index (κ1) is 16.2. The van der Waals surface area contributed by atoms with Gasteiger partial charge in [-0.05, 0) is 42.9 Å². The summed E-state index contributed by atoms with van der Waals surface area (Å²) in [7, 11) is 0. The molecule has 0 saturated heterocycles. The highest BCUT2D eigenvalue weighted by Crippen LogP contribution is 2.28. The number of halogens is 2. The minimum Gasteiger partial charge on any atom is -0.0654 e. The van der Waals surface area contributed by atoms with Crippen LogP contribution in [-0.4, -0.2) is 0 Å². The van der Waals surface area contributed by atoms with E-state index in [0.717, 1.165) is 0 Å². The highest BCUT2D eigenvalue weighted by molar-refractivity contribution is 9.11. The molecule has 0 atom stereocenters. The normalized spacial score (nSPS) is 10.9. The van der Waals surface area contributed by atoms with E-state index >= 15 is 0 Å². The quantitative estimate of drug-likeness (QED) is 0.444. The topological polar surface area (TPSA) is 0 Å². The highest BCUT2D eigenvalue weighted by atomic mass is 79.9. The van der Waals surface area contributed by atoms with Crippen molar-refractivity contribution in [3.05, 3.63) is 32.2 Å². The molecule has 1 aromatic rings. The molecular formula is C16H24Br2. The van der Waals surface area contributed by atoms with Crippen LogP contribution >= 0.6 is 31.9 Å². The maximum atomic E-state index is 3.69. The summed E-state index contributed by atoms with van der Waals surface area (Å²) in [6.07, 6.45) is 10.2. The van der Waals surface area contributed by atoms with Crippen molar-refractivity contribution in [3.8, 4) is 0 Å². The van der Waals surface area contributed by atoms with Gasteiger partial charge in [-0.1, -0.05) is 77.5 Å². The molecule has 0 radical (unpaired) electrons. The van der Waals surface area contributed by atoms with Crippen LogP contribution in [0.3, 0.4) is 0 Å². The number of hydrogen-bond acceptors (Lipinski definition) is 0. The molecule has 0 spiro atoms. The number of benzene rings is 1. The van der Waals surface area contributed by atoms with Crippen molar-refractivity contribution in [2.45, 2.75) is 65.2 Å². The predicted molar refractivity (Wildman–Crippen MR) is 88.3 cm³/mol. The molecule has 0 bridgehead atoms. The molecule has 0 heterocycles. The van der Waals surface area contributed by atoms with E-state index in [0.29, 0.717) is 0 Å². The Kier molecular flexibility index (Phi) is 8.25. The van der Waals surface area contributed by atoms with E-state index in [9.17, 15) is 0 Å². The van der Waals surface area contributed by atoms with Gasteiger partial charge in [-0.2, -0.15) is 0 Å². The van der Waals surface area contributed by atoms with E-state index in [4.69, 9.17) is 0 Å². The van der Waals surface area contributed by atoms with Gasteiger partial charge < -0.3 is 0 Å². The van der Waals surface area contributed by atoms with E-state index in [2.05, 4.69) is 57.8 Å². The lowest BCUT2D eigenvalue weighted by molar-refractivity contribution is 0.706. The van der Waals surface area contributed by atoms with Crippen LogP contribution < -0.4 is 0 Å². The smallest absolute Gasteiger partial charge is 0.0218 e. The molecule has 0 aliphatic heterocycles. The van der Waals surface area contributed by atoms with Crippen LogP contribution in [0.2, 0.25) is 0 Å². The van der Waals surface area contributed by atoms with Crippen LogP contribution in [0.25, 0.3) is 0 Å². The van der Waals surface area contributed by atoms with Gasteiger partial charge in [-0.3, -0.25) is 0 Å². The maximum Gasteiger partial charge on any atom is 0.0218 e. The molecule has 0 amide bonds. The molecule has 0 aromatic heterocycles. The zero-order chi connectivity index (χ0) is 13.4. The minimum absolute atomic E-state index is 1.20. The van der Waals surface area contributed by atoms with Gasteiger partial charge in [-0.25, -0.2) is 0 Å². The lowest BCUT2D eigenvalue weighted by Crippen LogP contribution is -1.94. The van der Waals surface area contributed by atoms with Crippen LogP contribution in [0.15, 0.2) is 21.1 Å². The van der Waals surface area contributed by atoms with Crippen molar-refractivity contribution in [3.63, 3.8) is 0 Å². The molecule has 0 fully saturated rings. The number of hydrogen-bond donors (Lipinski definition) is 0. The molecule has 0 nitrogen and oxygen atoms in total. The largest absolute Gasteiger partial charge is 0.0654 e. The van der Waals surface area contributed by atoms with E-state index < -0.39 is 0 Å². The Morgan fingerprint density at radius 2 is 1.17 bits per heavy atom. The Bertz CT molecular complexity index is 327.